The Bertz CT molecular complexity index is 1100. The lowest BCUT2D eigenvalue weighted by Crippen LogP contribution is -2.52. The SMILES string of the molecule is O=C(CN1CCC(c2ccccc2)(c2ccccc2)C1=O)N1CCN(c2ccc(F)cc2)CC1. The number of likely N-dealkylation sites (tertiary alicyclic amines) is 1. The average molecular weight is 458 g/mol. The predicted octanol–water partition coefficient (Wildman–Crippen LogP) is 3.69. The lowest BCUT2D eigenvalue weighted by Gasteiger charge is -2.37. The number of carbonyl (C=O) groups is 2. The van der Waals surface area contributed by atoms with Crippen molar-refractivity contribution >= 4 is 17.5 Å². The van der Waals surface area contributed by atoms with Crippen molar-refractivity contribution in [1.82, 2.24) is 9.80 Å². The maximum atomic E-state index is 13.8. The van der Waals surface area contributed by atoms with E-state index in [9.17, 15) is 14.0 Å². The molecular formula is C28H28FN3O2. The van der Waals surface area contributed by atoms with Crippen LogP contribution in [0.15, 0.2) is 84.9 Å². The fourth-order valence-electron chi connectivity index (χ4n) is 5.21. The number of anilines is 1. The van der Waals surface area contributed by atoms with Crippen LogP contribution < -0.4 is 4.90 Å². The zero-order chi connectivity index (χ0) is 23.5. The van der Waals surface area contributed by atoms with E-state index in [2.05, 4.69) is 4.90 Å². The molecule has 2 aliphatic rings. The molecule has 34 heavy (non-hydrogen) atoms. The fraction of sp³-hybridized carbons (Fsp3) is 0.286. The summed E-state index contributed by atoms with van der Waals surface area (Å²) in [6, 6.07) is 26.2. The average Bonchev–Trinajstić information content (AvgIpc) is 3.22. The monoisotopic (exact) mass is 457 g/mol. The minimum Gasteiger partial charge on any atom is -0.368 e. The number of hydrogen-bond donors (Lipinski definition) is 0. The molecule has 2 heterocycles. The Morgan fingerprint density at radius 2 is 1.32 bits per heavy atom. The van der Waals surface area contributed by atoms with Gasteiger partial charge in [-0.25, -0.2) is 4.39 Å². The summed E-state index contributed by atoms with van der Waals surface area (Å²) in [5, 5.41) is 0. The highest BCUT2D eigenvalue weighted by molar-refractivity contribution is 5.96. The molecule has 0 saturated carbocycles. The van der Waals surface area contributed by atoms with Gasteiger partial charge in [0.15, 0.2) is 0 Å². The van der Waals surface area contributed by atoms with Gasteiger partial charge < -0.3 is 14.7 Å². The molecule has 3 aromatic carbocycles. The number of rotatable bonds is 5. The van der Waals surface area contributed by atoms with Gasteiger partial charge in [-0.1, -0.05) is 60.7 Å². The first-order valence-electron chi connectivity index (χ1n) is 11.8. The number of carbonyl (C=O) groups excluding carboxylic acids is 2. The van der Waals surface area contributed by atoms with E-state index in [1.807, 2.05) is 65.6 Å². The van der Waals surface area contributed by atoms with Gasteiger partial charge >= 0.3 is 0 Å². The molecule has 6 heteroatoms. The van der Waals surface area contributed by atoms with Gasteiger partial charge in [0.25, 0.3) is 0 Å². The number of benzene rings is 3. The quantitative estimate of drug-likeness (QED) is 0.587. The Hall–Kier alpha value is -3.67. The van der Waals surface area contributed by atoms with Crippen LogP contribution in [0.25, 0.3) is 0 Å². The van der Waals surface area contributed by atoms with Crippen molar-refractivity contribution < 1.29 is 14.0 Å². The van der Waals surface area contributed by atoms with Crippen molar-refractivity contribution in [2.45, 2.75) is 11.8 Å². The lowest BCUT2D eigenvalue weighted by molar-refractivity contribution is -0.140. The first kappa shape index (κ1) is 22.1. The van der Waals surface area contributed by atoms with Gasteiger partial charge in [0.1, 0.15) is 11.2 Å². The second-order valence-electron chi connectivity index (χ2n) is 8.96. The van der Waals surface area contributed by atoms with Gasteiger partial charge in [0, 0.05) is 38.4 Å². The molecule has 5 nitrogen and oxygen atoms in total. The number of nitrogens with zero attached hydrogens (tertiary/aromatic N) is 3. The van der Waals surface area contributed by atoms with E-state index in [0.29, 0.717) is 39.1 Å². The van der Waals surface area contributed by atoms with Crippen molar-refractivity contribution in [3.63, 3.8) is 0 Å². The van der Waals surface area contributed by atoms with Crippen LogP contribution in [-0.2, 0) is 15.0 Å². The van der Waals surface area contributed by atoms with Crippen molar-refractivity contribution in [1.29, 1.82) is 0 Å². The van der Waals surface area contributed by atoms with E-state index < -0.39 is 5.41 Å². The third-order valence-corrected chi connectivity index (χ3v) is 7.09. The van der Waals surface area contributed by atoms with Gasteiger partial charge in [-0.15, -0.1) is 0 Å². The lowest BCUT2D eigenvalue weighted by atomic mass is 9.73. The van der Waals surface area contributed by atoms with E-state index in [1.54, 1.807) is 17.0 Å². The molecule has 2 aliphatic heterocycles. The Kier molecular flexibility index (Phi) is 6.05. The highest BCUT2D eigenvalue weighted by Crippen LogP contribution is 2.41. The summed E-state index contributed by atoms with van der Waals surface area (Å²) in [7, 11) is 0. The van der Waals surface area contributed by atoms with Crippen LogP contribution in [0.4, 0.5) is 10.1 Å². The highest BCUT2D eigenvalue weighted by atomic mass is 19.1. The van der Waals surface area contributed by atoms with Gasteiger partial charge in [-0.05, 0) is 41.8 Å². The molecule has 2 saturated heterocycles. The summed E-state index contributed by atoms with van der Waals surface area (Å²) in [5.74, 6) is -0.290. The van der Waals surface area contributed by atoms with E-state index in [4.69, 9.17) is 0 Å². The van der Waals surface area contributed by atoms with Crippen LogP contribution in [0.5, 0.6) is 0 Å². The number of halogens is 1. The summed E-state index contributed by atoms with van der Waals surface area (Å²) in [6.45, 7) is 3.18. The first-order chi connectivity index (χ1) is 16.6. The smallest absolute Gasteiger partial charge is 0.242 e. The third kappa shape index (κ3) is 4.04. The minimum absolute atomic E-state index is 0.0109. The Labute approximate surface area is 199 Å². The second-order valence-corrected chi connectivity index (χ2v) is 8.96. The highest BCUT2D eigenvalue weighted by Gasteiger charge is 2.49. The van der Waals surface area contributed by atoms with Gasteiger partial charge in [-0.2, -0.15) is 0 Å². The van der Waals surface area contributed by atoms with Crippen LogP contribution in [0.3, 0.4) is 0 Å². The Morgan fingerprint density at radius 3 is 1.88 bits per heavy atom. The molecule has 0 N–H and O–H groups in total. The molecule has 0 aliphatic carbocycles. The Morgan fingerprint density at radius 1 is 0.765 bits per heavy atom. The molecule has 0 radical (unpaired) electrons. The summed E-state index contributed by atoms with van der Waals surface area (Å²) >= 11 is 0. The molecule has 5 rings (SSSR count). The molecule has 0 atom stereocenters. The van der Waals surface area contributed by atoms with Crippen LogP contribution in [0.2, 0.25) is 0 Å². The third-order valence-electron chi connectivity index (χ3n) is 7.09. The standard InChI is InChI=1S/C28H28FN3O2/c29-24-11-13-25(14-12-24)30-17-19-31(20-18-30)26(33)21-32-16-15-28(27(32)34,22-7-3-1-4-8-22)23-9-5-2-6-10-23/h1-14H,15-21H2. The van der Waals surface area contributed by atoms with Crippen molar-refractivity contribution in [3.05, 3.63) is 102 Å². The Balaban J connectivity index is 1.28. The topological polar surface area (TPSA) is 43.9 Å². The van der Waals surface area contributed by atoms with Crippen molar-refractivity contribution in [2.24, 2.45) is 0 Å². The number of piperazine rings is 1. The van der Waals surface area contributed by atoms with Gasteiger partial charge in [0.05, 0.1) is 6.54 Å². The zero-order valence-electron chi connectivity index (χ0n) is 19.1. The molecule has 0 aromatic heterocycles. The molecule has 0 unspecified atom stereocenters. The van der Waals surface area contributed by atoms with E-state index >= 15 is 0 Å². The van der Waals surface area contributed by atoms with Crippen LogP contribution >= 0.6 is 0 Å². The summed E-state index contributed by atoms with van der Waals surface area (Å²) in [4.78, 5) is 32.7. The summed E-state index contributed by atoms with van der Waals surface area (Å²) in [5.41, 5.74) is 2.13. The molecule has 0 bridgehead atoms. The van der Waals surface area contributed by atoms with E-state index in [1.165, 1.54) is 12.1 Å². The fourth-order valence-corrected chi connectivity index (χ4v) is 5.21. The van der Waals surface area contributed by atoms with Crippen molar-refractivity contribution in [2.75, 3.05) is 44.2 Å². The normalized spacial score (nSPS) is 17.8. The molecule has 3 aromatic rings. The summed E-state index contributed by atoms with van der Waals surface area (Å²) < 4.78 is 13.2. The van der Waals surface area contributed by atoms with Crippen LogP contribution in [-0.4, -0.2) is 60.9 Å². The van der Waals surface area contributed by atoms with Crippen LogP contribution in [0, 0.1) is 5.82 Å². The van der Waals surface area contributed by atoms with E-state index in [-0.39, 0.29) is 24.2 Å². The molecule has 174 valence electrons. The zero-order valence-corrected chi connectivity index (χ0v) is 19.1. The molecule has 0 spiro atoms. The number of hydrogen-bond acceptors (Lipinski definition) is 3. The first-order valence-corrected chi connectivity index (χ1v) is 11.8. The van der Waals surface area contributed by atoms with Gasteiger partial charge in [0.2, 0.25) is 11.8 Å². The van der Waals surface area contributed by atoms with Crippen LogP contribution in [0.1, 0.15) is 17.5 Å². The van der Waals surface area contributed by atoms with E-state index in [0.717, 1.165) is 16.8 Å². The predicted molar refractivity (Wildman–Crippen MR) is 130 cm³/mol. The summed E-state index contributed by atoms with van der Waals surface area (Å²) in [6.07, 6.45) is 0.644. The molecular weight excluding hydrogens is 429 g/mol. The maximum Gasteiger partial charge on any atom is 0.242 e. The minimum atomic E-state index is -0.760. The second kappa shape index (κ2) is 9.29. The number of amides is 2. The van der Waals surface area contributed by atoms with Gasteiger partial charge in [-0.3, -0.25) is 9.59 Å². The maximum absolute atomic E-state index is 13.8. The molecule has 2 amide bonds. The largest absolute Gasteiger partial charge is 0.368 e. The van der Waals surface area contributed by atoms with Crippen molar-refractivity contribution in [3.8, 4) is 0 Å². The molecule has 2 fully saturated rings.